The van der Waals surface area contributed by atoms with Gasteiger partial charge in [-0.05, 0) is 47.7 Å². The molecule has 0 unspecified atom stereocenters. The lowest BCUT2D eigenvalue weighted by molar-refractivity contribution is -0.144. The van der Waals surface area contributed by atoms with E-state index >= 15 is 0 Å². The first kappa shape index (κ1) is 28.9. The first-order valence-corrected chi connectivity index (χ1v) is 14.9. The fourth-order valence-electron chi connectivity index (χ4n) is 4.23. The molecule has 1 atom stereocenters. The van der Waals surface area contributed by atoms with Crippen molar-refractivity contribution in [2.24, 2.45) is 4.99 Å². The van der Waals surface area contributed by atoms with Gasteiger partial charge in [0, 0.05) is 29.0 Å². The van der Waals surface area contributed by atoms with Crippen molar-refractivity contribution in [1.29, 1.82) is 0 Å². The van der Waals surface area contributed by atoms with E-state index in [4.69, 9.17) is 19.5 Å². The van der Waals surface area contributed by atoms with E-state index in [2.05, 4.69) is 28.1 Å². The third kappa shape index (κ3) is 8.95. The third-order valence-corrected chi connectivity index (χ3v) is 7.74. The number of rotatable bonds is 14. The van der Waals surface area contributed by atoms with Gasteiger partial charge >= 0.3 is 5.97 Å². The fraction of sp³-hybridized carbons (Fsp3) is 0.281. The summed E-state index contributed by atoms with van der Waals surface area (Å²) in [6, 6.07) is 29.4. The highest BCUT2D eigenvalue weighted by Crippen LogP contribution is 2.27. The van der Waals surface area contributed by atoms with E-state index < -0.39 is 6.04 Å². The Morgan fingerprint density at radius 1 is 0.923 bits per heavy atom. The number of hydrogen-bond acceptors (Lipinski definition) is 6. The SMILES string of the molecule is CCOC(=O)[C@H](Cc1nc(Br)sc1CCCCOCc1ccccc1)N=C(c1ccccc1)c1ccccc1. The number of nitrogens with zero attached hydrogens (tertiary/aromatic N) is 2. The molecule has 0 radical (unpaired) electrons. The zero-order valence-corrected chi connectivity index (χ0v) is 24.5. The van der Waals surface area contributed by atoms with Crippen LogP contribution in [0.3, 0.4) is 0 Å². The number of esters is 1. The normalized spacial score (nSPS) is 11.6. The minimum atomic E-state index is -0.706. The fourth-order valence-corrected chi connectivity index (χ4v) is 5.88. The predicted molar refractivity (Wildman–Crippen MR) is 161 cm³/mol. The highest BCUT2D eigenvalue weighted by molar-refractivity contribution is 9.11. The molecule has 4 aromatic rings. The molecule has 1 heterocycles. The second-order valence-electron chi connectivity index (χ2n) is 9.01. The van der Waals surface area contributed by atoms with Crippen LogP contribution in [-0.2, 0) is 33.7 Å². The van der Waals surface area contributed by atoms with Crippen LogP contribution in [0.4, 0.5) is 0 Å². The number of carbonyl (C=O) groups excluding carboxylic acids is 1. The van der Waals surface area contributed by atoms with E-state index in [0.717, 1.165) is 50.6 Å². The van der Waals surface area contributed by atoms with Gasteiger partial charge in [0.1, 0.15) is 0 Å². The van der Waals surface area contributed by atoms with Crippen molar-refractivity contribution in [2.75, 3.05) is 13.2 Å². The Morgan fingerprint density at radius 2 is 1.54 bits per heavy atom. The molecule has 0 N–H and O–H groups in total. The molecule has 0 spiro atoms. The largest absolute Gasteiger partial charge is 0.464 e. The molecule has 0 fully saturated rings. The van der Waals surface area contributed by atoms with Gasteiger partial charge in [0.2, 0.25) is 0 Å². The molecule has 0 amide bonds. The van der Waals surface area contributed by atoms with Crippen LogP contribution in [-0.4, -0.2) is 35.9 Å². The van der Waals surface area contributed by atoms with Gasteiger partial charge in [0.05, 0.1) is 24.6 Å². The minimum Gasteiger partial charge on any atom is -0.464 e. The van der Waals surface area contributed by atoms with Crippen molar-refractivity contribution < 1.29 is 14.3 Å². The average Bonchev–Trinajstić information content (AvgIpc) is 3.32. The van der Waals surface area contributed by atoms with Crippen molar-refractivity contribution in [3.05, 3.63) is 122 Å². The van der Waals surface area contributed by atoms with Crippen LogP contribution in [0.25, 0.3) is 0 Å². The van der Waals surface area contributed by atoms with Crippen LogP contribution in [0, 0.1) is 0 Å². The quantitative estimate of drug-likeness (QED) is 0.0851. The summed E-state index contributed by atoms with van der Waals surface area (Å²) in [6.07, 6.45) is 3.18. The molecule has 4 rings (SSSR count). The number of ether oxygens (including phenoxy) is 2. The predicted octanol–water partition coefficient (Wildman–Crippen LogP) is 7.46. The first-order chi connectivity index (χ1) is 19.1. The molecule has 0 aliphatic carbocycles. The van der Waals surface area contributed by atoms with Crippen LogP contribution in [0.5, 0.6) is 0 Å². The van der Waals surface area contributed by atoms with Crippen LogP contribution in [0.2, 0.25) is 0 Å². The number of aromatic nitrogens is 1. The summed E-state index contributed by atoms with van der Waals surface area (Å²) in [5, 5.41) is 0. The second kappa shape index (κ2) is 15.5. The van der Waals surface area contributed by atoms with Gasteiger partial charge in [0.25, 0.3) is 0 Å². The maximum absolute atomic E-state index is 13.1. The molecular formula is C32H33BrN2O3S. The molecule has 5 nitrogen and oxygen atoms in total. The van der Waals surface area contributed by atoms with E-state index in [1.165, 1.54) is 5.56 Å². The summed E-state index contributed by atoms with van der Waals surface area (Å²) in [4.78, 5) is 24.0. The number of halogens is 1. The first-order valence-electron chi connectivity index (χ1n) is 13.2. The van der Waals surface area contributed by atoms with Crippen molar-refractivity contribution in [1.82, 2.24) is 4.98 Å². The summed E-state index contributed by atoms with van der Waals surface area (Å²) in [7, 11) is 0. The molecule has 0 saturated heterocycles. The average molecular weight is 606 g/mol. The number of aliphatic imine (C=N–C) groups is 1. The molecule has 39 heavy (non-hydrogen) atoms. The van der Waals surface area contributed by atoms with Crippen molar-refractivity contribution in [3.63, 3.8) is 0 Å². The number of benzene rings is 3. The lowest BCUT2D eigenvalue weighted by atomic mass is 10.0. The van der Waals surface area contributed by atoms with Crippen molar-refractivity contribution in [2.45, 2.75) is 45.3 Å². The smallest absolute Gasteiger partial charge is 0.331 e. The lowest BCUT2D eigenvalue weighted by Gasteiger charge is -2.15. The molecule has 1 aromatic heterocycles. The van der Waals surface area contributed by atoms with Gasteiger partial charge < -0.3 is 9.47 Å². The van der Waals surface area contributed by atoms with Crippen LogP contribution in [0.1, 0.15) is 47.0 Å². The van der Waals surface area contributed by atoms with Crippen LogP contribution >= 0.6 is 27.3 Å². The third-order valence-electron chi connectivity index (χ3n) is 6.13. The molecule has 7 heteroatoms. The van der Waals surface area contributed by atoms with E-state index in [9.17, 15) is 4.79 Å². The highest BCUT2D eigenvalue weighted by atomic mass is 79.9. The summed E-state index contributed by atoms with van der Waals surface area (Å²) in [5.74, 6) is -0.341. The zero-order valence-electron chi connectivity index (χ0n) is 22.1. The van der Waals surface area contributed by atoms with E-state index in [1.807, 2.05) is 85.8 Å². The molecule has 202 valence electrons. The van der Waals surface area contributed by atoms with Crippen molar-refractivity contribution in [3.8, 4) is 0 Å². The maximum atomic E-state index is 13.1. The summed E-state index contributed by atoms with van der Waals surface area (Å²) >= 11 is 5.17. The Bertz CT molecular complexity index is 1290. The van der Waals surface area contributed by atoms with Gasteiger partial charge in [-0.1, -0.05) is 91.0 Å². The Labute approximate surface area is 243 Å². The number of carbonyl (C=O) groups is 1. The summed E-state index contributed by atoms with van der Waals surface area (Å²) < 4.78 is 12.1. The monoisotopic (exact) mass is 604 g/mol. The molecule has 0 bridgehead atoms. The second-order valence-corrected chi connectivity index (χ2v) is 11.4. The Hall–Kier alpha value is -3.13. The van der Waals surface area contributed by atoms with Gasteiger partial charge in [0.15, 0.2) is 9.96 Å². The van der Waals surface area contributed by atoms with Gasteiger partial charge in [-0.25, -0.2) is 9.78 Å². The number of thiazole rings is 1. The summed E-state index contributed by atoms with van der Waals surface area (Å²) in [6.45, 7) is 3.45. The van der Waals surface area contributed by atoms with Crippen LogP contribution < -0.4 is 0 Å². The Balaban J connectivity index is 1.48. The Morgan fingerprint density at radius 3 is 2.15 bits per heavy atom. The van der Waals surface area contributed by atoms with Crippen molar-refractivity contribution >= 4 is 38.9 Å². The van der Waals surface area contributed by atoms with E-state index in [-0.39, 0.29) is 5.97 Å². The molecule has 0 saturated carbocycles. The highest BCUT2D eigenvalue weighted by Gasteiger charge is 2.24. The molecule has 3 aromatic carbocycles. The standard InChI is InChI=1S/C32H33BrN2O3S/c1-2-38-31(36)28(34-30(25-16-8-4-9-17-25)26-18-10-5-11-19-26)22-27-29(39-32(33)35-27)20-12-13-21-37-23-24-14-6-3-7-15-24/h3-11,14-19,28H,2,12-13,20-23H2,1H3/t28-/m0/s1. The Kier molecular flexibility index (Phi) is 11.4. The number of hydrogen-bond donors (Lipinski definition) is 0. The van der Waals surface area contributed by atoms with Gasteiger partial charge in [-0.3, -0.25) is 4.99 Å². The topological polar surface area (TPSA) is 60.8 Å². The van der Waals surface area contributed by atoms with Crippen LogP contribution in [0.15, 0.2) is 99.9 Å². The molecular weight excluding hydrogens is 572 g/mol. The number of unbranched alkanes of at least 4 members (excludes halogenated alkanes) is 1. The van der Waals surface area contributed by atoms with E-state index in [0.29, 0.717) is 26.2 Å². The van der Waals surface area contributed by atoms with Gasteiger partial charge in [-0.15, -0.1) is 11.3 Å². The number of aryl methyl sites for hydroxylation is 1. The molecule has 0 aliphatic rings. The van der Waals surface area contributed by atoms with E-state index in [1.54, 1.807) is 11.3 Å². The minimum absolute atomic E-state index is 0.299. The lowest BCUT2D eigenvalue weighted by Crippen LogP contribution is -2.26. The summed E-state index contributed by atoms with van der Waals surface area (Å²) in [5.41, 5.74) is 4.74. The zero-order chi connectivity index (χ0) is 27.3. The molecule has 0 aliphatic heterocycles. The maximum Gasteiger partial charge on any atom is 0.331 e. The van der Waals surface area contributed by atoms with Gasteiger partial charge in [-0.2, -0.15) is 0 Å².